The van der Waals surface area contributed by atoms with E-state index in [1.165, 1.54) is 0 Å². The van der Waals surface area contributed by atoms with Gasteiger partial charge in [0.2, 0.25) is 0 Å². The van der Waals surface area contributed by atoms with Gasteiger partial charge >= 0.3 is 0 Å². The Kier molecular flexibility index (Phi) is 7.86. The fourth-order valence-corrected chi connectivity index (χ4v) is 3.39. The Morgan fingerprint density at radius 2 is 1.96 bits per heavy atom. The molecule has 1 aromatic carbocycles. The van der Waals surface area contributed by atoms with Gasteiger partial charge in [0, 0.05) is 26.2 Å². The van der Waals surface area contributed by atoms with Gasteiger partial charge in [-0.2, -0.15) is 0 Å². The van der Waals surface area contributed by atoms with Crippen molar-refractivity contribution in [3.8, 4) is 11.5 Å². The van der Waals surface area contributed by atoms with Gasteiger partial charge in [-0.15, -0.1) is 0 Å². The zero-order valence-corrected chi connectivity index (χ0v) is 16.7. The van der Waals surface area contributed by atoms with E-state index in [0.717, 1.165) is 63.9 Å². The summed E-state index contributed by atoms with van der Waals surface area (Å²) in [6.07, 6.45) is 1.07. The third-order valence-corrected chi connectivity index (χ3v) is 4.75. The van der Waals surface area contributed by atoms with Crippen molar-refractivity contribution in [1.29, 1.82) is 0 Å². The molecule has 2 N–H and O–H groups in total. The number of nitrogens with one attached hydrogen (secondary N) is 2. The molecule has 0 spiro atoms. The Morgan fingerprint density at radius 3 is 2.78 bits per heavy atom. The lowest BCUT2D eigenvalue weighted by atomic mass is 10.2. The molecule has 3 rings (SSSR count). The number of hydrogen-bond donors (Lipinski definition) is 2. The van der Waals surface area contributed by atoms with Crippen LogP contribution in [0.2, 0.25) is 5.02 Å². The molecule has 2 aliphatic heterocycles. The summed E-state index contributed by atoms with van der Waals surface area (Å²) in [5.41, 5.74) is 0.995. The maximum absolute atomic E-state index is 6.30. The standard InChI is InChI=1S/C19H29ClN4O3/c1-2-21-19(22-4-3-5-24-6-8-25-9-7-24)23-14-15-12-16(20)18-17(13-15)26-10-11-27-18/h12-13H,2-11,14H2,1H3,(H2,21,22,23). The van der Waals surface area contributed by atoms with Crippen molar-refractivity contribution >= 4 is 17.6 Å². The normalized spacial score (nSPS) is 17.6. The average Bonchev–Trinajstić information content (AvgIpc) is 2.70. The fraction of sp³-hybridized carbons (Fsp3) is 0.632. The molecule has 0 bridgehead atoms. The van der Waals surface area contributed by atoms with Crippen molar-refractivity contribution in [2.45, 2.75) is 19.9 Å². The molecule has 0 aliphatic carbocycles. The lowest BCUT2D eigenvalue weighted by Gasteiger charge is -2.26. The molecule has 1 aromatic rings. The second-order valence-electron chi connectivity index (χ2n) is 6.53. The summed E-state index contributed by atoms with van der Waals surface area (Å²) in [6.45, 7) is 10.2. The molecule has 7 nitrogen and oxygen atoms in total. The molecule has 2 aliphatic rings. The number of nitrogens with zero attached hydrogens (tertiary/aromatic N) is 2. The van der Waals surface area contributed by atoms with E-state index in [-0.39, 0.29) is 0 Å². The Balaban J connectivity index is 1.50. The SMILES string of the molecule is CCNC(=NCc1cc(Cl)c2c(c1)OCCO2)NCCCN1CCOCC1. The molecule has 0 amide bonds. The predicted octanol–water partition coefficient (Wildman–Crippen LogP) is 1.89. The van der Waals surface area contributed by atoms with Gasteiger partial charge in [-0.05, 0) is 37.6 Å². The molecule has 150 valence electrons. The van der Waals surface area contributed by atoms with Crippen LogP contribution in [0.25, 0.3) is 0 Å². The smallest absolute Gasteiger partial charge is 0.191 e. The predicted molar refractivity (Wildman–Crippen MR) is 107 cm³/mol. The maximum Gasteiger partial charge on any atom is 0.191 e. The molecule has 0 aromatic heterocycles. The number of benzene rings is 1. The van der Waals surface area contributed by atoms with Crippen LogP contribution in [0.4, 0.5) is 0 Å². The summed E-state index contributed by atoms with van der Waals surface area (Å²) in [7, 11) is 0. The van der Waals surface area contributed by atoms with E-state index in [9.17, 15) is 0 Å². The summed E-state index contributed by atoms with van der Waals surface area (Å²) < 4.78 is 16.6. The number of ether oxygens (including phenoxy) is 3. The van der Waals surface area contributed by atoms with E-state index in [2.05, 4.69) is 27.4 Å². The van der Waals surface area contributed by atoms with Crippen LogP contribution in [-0.2, 0) is 11.3 Å². The molecule has 27 heavy (non-hydrogen) atoms. The molecule has 2 heterocycles. The molecule has 0 saturated carbocycles. The van der Waals surface area contributed by atoms with E-state index in [1.54, 1.807) is 0 Å². The largest absolute Gasteiger partial charge is 0.486 e. The quantitative estimate of drug-likeness (QED) is 0.417. The first kappa shape index (κ1) is 20.0. The zero-order valence-electron chi connectivity index (χ0n) is 15.9. The molecule has 0 unspecified atom stereocenters. The minimum atomic E-state index is 0.523. The van der Waals surface area contributed by atoms with Gasteiger partial charge in [-0.25, -0.2) is 4.99 Å². The summed E-state index contributed by atoms with van der Waals surface area (Å²) in [6, 6.07) is 3.84. The van der Waals surface area contributed by atoms with Crippen molar-refractivity contribution in [3.05, 3.63) is 22.7 Å². The first-order chi connectivity index (χ1) is 13.3. The maximum atomic E-state index is 6.30. The van der Waals surface area contributed by atoms with Crippen LogP contribution in [-0.4, -0.2) is 70.0 Å². The number of hydrogen-bond acceptors (Lipinski definition) is 5. The van der Waals surface area contributed by atoms with Gasteiger partial charge in [0.1, 0.15) is 13.2 Å². The van der Waals surface area contributed by atoms with Crippen LogP contribution in [0.3, 0.4) is 0 Å². The second-order valence-corrected chi connectivity index (χ2v) is 6.94. The summed E-state index contributed by atoms with van der Waals surface area (Å²) in [4.78, 5) is 7.10. The zero-order chi connectivity index (χ0) is 18.9. The van der Waals surface area contributed by atoms with Crippen LogP contribution in [0, 0.1) is 0 Å². The highest BCUT2D eigenvalue weighted by molar-refractivity contribution is 6.32. The molecular formula is C19H29ClN4O3. The first-order valence-electron chi connectivity index (χ1n) is 9.66. The highest BCUT2D eigenvalue weighted by Crippen LogP contribution is 2.38. The highest BCUT2D eigenvalue weighted by atomic mass is 35.5. The van der Waals surface area contributed by atoms with Crippen LogP contribution < -0.4 is 20.1 Å². The van der Waals surface area contributed by atoms with E-state index >= 15 is 0 Å². The third kappa shape index (κ3) is 6.16. The Bertz CT molecular complexity index is 636. The summed E-state index contributed by atoms with van der Waals surface area (Å²) in [5.74, 6) is 2.14. The lowest BCUT2D eigenvalue weighted by molar-refractivity contribution is 0.0376. The van der Waals surface area contributed by atoms with Crippen LogP contribution in [0.15, 0.2) is 17.1 Å². The van der Waals surface area contributed by atoms with E-state index in [0.29, 0.717) is 36.3 Å². The monoisotopic (exact) mass is 396 g/mol. The summed E-state index contributed by atoms with van der Waals surface area (Å²) in [5, 5.41) is 7.25. The second kappa shape index (κ2) is 10.6. The Morgan fingerprint density at radius 1 is 1.15 bits per heavy atom. The molecule has 8 heteroatoms. The lowest BCUT2D eigenvalue weighted by Crippen LogP contribution is -2.40. The van der Waals surface area contributed by atoms with Crippen LogP contribution >= 0.6 is 11.6 Å². The minimum Gasteiger partial charge on any atom is -0.486 e. The number of guanidine groups is 1. The van der Waals surface area contributed by atoms with Crippen LogP contribution in [0.1, 0.15) is 18.9 Å². The Hall–Kier alpha value is -1.70. The summed E-state index contributed by atoms with van der Waals surface area (Å²) >= 11 is 6.30. The van der Waals surface area contributed by atoms with Gasteiger partial charge in [0.15, 0.2) is 17.5 Å². The van der Waals surface area contributed by atoms with Crippen molar-refractivity contribution in [1.82, 2.24) is 15.5 Å². The number of halogens is 1. The van der Waals surface area contributed by atoms with Gasteiger partial charge in [-0.3, -0.25) is 4.90 Å². The van der Waals surface area contributed by atoms with E-state index in [4.69, 9.17) is 25.8 Å². The number of morpholine rings is 1. The number of rotatable bonds is 7. The van der Waals surface area contributed by atoms with Crippen molar-refractivity contribution in [2.75, 3.05) is 59.2 Å². The molecule has 1 saturated heterocycles. The Labute approximate surface area is 166 Å². The molecule has 1 fully saturated rings. The number of fused-ring (bicyclic) bond motifs is 1. The van der Waals surface area contributed by atoms with Crippen molar-refractivity contribution in [3.63, 3.8) is 0 Å². The highest BCUT2D eigenvalue weighted by Gasteiger charge is 2.16. The van der Waals surface area contributed by atoms with Gasteiger partial charge in [-0.1, -0.05) is 11.6 Å². The van der Waals surface area contributed by atoms with Gasteiger partial charge < -0.3 is 24.8 Å². The van der Waals surface area contributed by atoms with Crippen molar-refractivity contribution in [2.24, 2.45) is 4.99 Å². The number of aliphatic imine (C=N–C) groups is 1. The van der Waals surface area contributed by atoms with Crippen molar-refractivity contribution < 1.29 is 14.2 Å². The minimum absolute atomic E-state index is 0.523. The van der Waals surface area contributed by atoms with E-state index in [1.807, 2.05) is 12.1 Å². The van der Waals surface area contributed by atoms with Gasteiger partial charge in [0.25, 0.3) is 0 Å². The van der Waals surface area contributed by atoms with Crippen LogP contribution in [0.5, 0.6) is 11.5 Å². The van der Waals surface area contributed by atoms with Gasteiger partial charge in [0.05, 0.1) is 24.8 Å². The first-order valence-corrected chi connectivity index (χ1v) is 10.0. The molecule has 0 atom stereocenters. The fourth-order valence-electron chi connectivity index (χ4n) is 3.10. The topological polar surface area (TPSA) is 67.4 Å². The molecule has 0 radical (unpaired) electrons. The third-order valence-electron chi connectivity index (χ3n) is 4.47. The average molecular weight is 397 g/mol. The van der Waals surface area contributed by atoms with E-state index < -0.39 is 0 Å². The molecular weight excluding hydrogens is 368 g/mol.